The minimum Gasteiger partial charge on any atom is -0.355 e. The van der Waals surface area contributed by atoms with Crippen LogP contribution in [0.1, 0.15) is 23.6 Å². The fourth-order valence-corrected chi connectivity index (χ4v) is 6.65. The van der Waals surface area contributed by atoms with Crippen molar-refractivity contribution in [2.45, 2.75) is 37.8 Å². The van der Waals surface area contributed by atoms with Crippen LogP contribution in [0.4, 0.5) is 5.69 Å². The number of anilines is 1. The van der Waals surface area contributed by atoms with Gasteiger partial charge in [-0.25, -0.2) is 8.42 Å². The minimum absolute atomic E-state index is 0.0108. The number of halogens is 3. The van der Waals surface area contributed by atoms with E-state index in [1.54, 1.807) is 61.5 Å². The number of hydrogen-bond donors (Lipinski definition) is 1. The Morgan fingerprint density at radius 1 is 0.864 bits per heavy atom. The molecular formula is C33H32BrCl2N3O4S. The van der Waals surface area contributed by atoms with Crippen molar-refractivity contribution in [3.8, 4) is 0 Å². The van der Waals surface area contributed by atoms with E-state index in [0.717, 1.165) is 19.9 Å². The Morgan fingerprint density at radius 2 is 1.52 bits per heavy atom. The standard InChI is InChI=1S/C33H32BrCl2N3O4S/c1-3-37-33(41)31(20-24-7-5-4-6-8-24)38(21-25-11-18-29(35)30(36)19-25)32(40)22-39(27-14-12-26(34)13-15-27)44(42,43)28-16-9-23(2)10-17-28/h4-19,31H,3,20-22H2,1-2H3,(H,37,41). The van der Waals surface area contributed by atoms with Crippen LogP contribution in [-0.4, -0.2) is 44.3 Å². The quantitative estimate of drug-likeness (QED) is 0.171. The first-order valence-electron chi connectivity index (χ1n) is 13.9. The number of nitrogens with one attached hydrogen (secondary N) is 1. The number of carbonyl (C=O) groups is 2. The molecular weight excluding hydrogens is 685 g/mol. The molecule has 1 atom stereocenters. The van der Waals surface area contributed by atoms with Crippen LogP contribution in [0.5, 0.6) is 0 Å². The average molecular weight is 718 g/mol. The van der Waals surface area contributed by atoms with Crippen molar-refractivity contribution in [3.63, 3.8) is 0 Å². The number of amides is 2. The molecule has 11 heteroatoms. The van der Waals surface area contributed by atoms with E-state index in [-0.39, 0.29) is 23.8 Å². The van der Waals surface area contributed by atoms with E-state index in [0.29, 0.717) is 27.8 Å². The fraction of sp³-hybridized carbons (Fsp3) is 0.212. The number of carbonyl (C=O) groups excluding carboxylic acids is 2. The molecule has 4 aromatic rings. The van der Waals surface area contributed by atoms with Crippen molar-refractivity contribution in [2.24, 2.45) is 0 Å². The lowest BCUT2D eigenvalue weighted by atomic mass is 10.0. The second-order valence-electron chi connectivity index (χ2n) is 10.2. The van der Waals surface area contributed by atoms with Gasteiger partial charge in [0.2, 0.25) is 11.8 Å². The largest absolute Gasteiger partial charge is 0.355 e. The van der Waals surface area contributed by atoms with E-state index in [9.17, 15) is 18.0 Å². The van der Waals surface area contributed by atoms with Gasteiger partial charge in [-0.05, 0) is 73.5 Å². The lowest BCUT2D eigenvalue weighted by molar-refractivity contribution is -0.140. The highest BCUT2D eigenvalue weighted by molar-refractivity contribution is 9.10. The van der Waals surface area contributed by atoms with Gasteiger partial charge in [-0.1, -0.05) is 93.2 Å². The van der Waals surface area contributed by atoms with E-state index >= 15 is 0 Å². The highest BCUT2D eigenvalue weighted by Crippen LogP contribution is 2.28. The molecule has 0 aliphatic carbocycles. The summed E-state index contributed by atoms with van der Waals surface area (Å²) in [5.41, 5.74) is 2.67. The first-order valence-corrected chi connectivity index (χ1v) is 16.9. The van der Waals surface area contributed by atoms with Crippen LogP contribution in [0.3, 0.4) is 0 Å². The van der Waals surface area contributed by atoms with E-state index in [4.69, 9.17) is 23.2 Å². The van der Waals surface area contributed by atoms with Gasteiger partial charge in [0.25, 0.3) is 10.0 Å². The van der Waals surface area contributed by atoms with Crippen molar-refractivity contribution in [2.75, 3.05) is 17.4 Å². The molecule has 0 fully saturated rings. The molecule has 44 heavy (non-hydrogen) atoms. The van der Waals surface area contributed by atoms with E-state index in [1.807, 2.05) is 37.3 Å². The number of aryl methyl sites for hydroxylation is 1. The molecule has 0 heterocycles. The number of sulfonamides is 1. The first-order chi connectivity index (χ1) is 21.0. The van der Waals surface area contributed by atoms with Gasteiger partial charge in [-0.15, -0.1) is 0 Å². The lowest BCUT2D eigenvalue weighted by Gasteiger charge is -2.34. The molecule has 0 aliphatic heterocycles. The average Bonchev–Trinajstić information content (AvgIpc) is 3.00. The van der Waals surface area contributed by atoms with Crippen molar-refractivity contribution < 1.29 is 18.0 Å². The summed E-state index contributed by atoms with van der Waals surface area (Å²) in [7, 11) is -4.18. The van der Waals surface area contributed by atoms with Crippen LogP contribution < -0.4 is 9.62 Å². The molecule has 0 aliphatic rings. The molecule has 0 radical (unpaired) electrons. The molecule has 0 spiro atoms. The molecule has 1 N–H and O–H groups in total. The molecule has 0 aromatic heterocycles. The minimum atomic E-state index is -4.18. The third-order valence-corrected chi connectivity index (χ3v) is 10.0. The maximum Gasteiger partial charge on any atom is 0.264 e. The van der Waals surface area contributed by atoms with Gasteiger partial charge in [-0.3, -0.25) is 13.9 Å². The molecule has 230 valence electrons. The van der Waals surface area contributed by atoms with Crippen molar-refractivity contribution in [1.82, 2.24) is 10.2 Å². The molecule has 4 rings (SSSR count). The van der Waals surface area contributed by atoms with E-state index in [1.165, 1.54) is 17.0 Å². The number of hydrogen-bond acceptors (Lipinski definition) is 4. The highest BCUT2D eigenvalue weighted by Gasteiger charge is 2.34. The zero-order valence-corrected chi connectivity index (χ0v) is 28.1. The Balaban J connectivity index is 1.80. The van der Waals surface area contributed by atoms with Crippen LogP contribution in [-0.2, 0) is 32.6 Å². The van der Waals surface area contributed by atoms with Crippen molar-refractivity contribution in [3.05, 3.63) is 128 Å². The maximum atomic E-state index is 14.4. The molecule has 1 unspecified atom stereocenters. The molecule has 4 aromatic carbocycles. The van der Waals surface area contributed by atoms with Crippen LogP contribution in [0.25, 0.3) is 0 Å². The van der Waals surface area contributed by atoms with E-state index < -0.39 is 28.5 Å². The zero-order chi connectivity index (χ0) is 31.9. The predicted octanol–water partition coefficient (Wildman–Crippen LogP) is 7.04. The first kappa shape index (κ1) is 33.5. The molecule has 0 saturated heterocycles. The van der Waals surface area contributed by atoms with Crippen LogP contribution in [0.15, 0.2) is 106 Å². The highest BCUT2D eigenvalue weighted by atomic mass is 79.9. The predicted molar refractivity (Wildman–Crippen MR) is 179 cm³/mol. The zero-order valence-electron chi connectivity index (χ0n) is 24.2. The SMILES string of the molecule is CCNC(=O)C(Cc1ccccc1)N(Cc1ccc(Cl)c(Cl)c1)C(=O)CN(c1ccc(Br)cc1)S(=O)(=O)c1ccc(C)cc1. The normalized spacial score (nSPS) is 11.9. The maximum absolute atomic E-state index is 14.4. The Labute approximate surface area is 277 Å². The third kappa shape index (κ3) is 8.41. The summed E-state index contributed by atoms with van der Waals surface area (Å²) in [5, 5.41) is 3.49. The Kier molecular flexibility index (Phi) is 11.5. The lowest BCUT2D eigenvalue weighted by Crippen LogP contribution is -2.53. The summed E-state index contributed by atoms with van der Waals surface area (Å²) in [5.74, 6) is -0.928. The summed E-state index contributed by atoms with van der Waals surface area (Å²) >= 11 is 15.9. The number of rotatable bonds is 12. The van der Waals surface area contributed by atoms with E-state index in [2.05, 4.69) is 21.2 Å². The van der Waals surface area contributed by atoms with Crippen molar-refractivity contribution in [1.29, 1.82) is 0 Å². The molecule has 2 amide bonds. The molecule has 0 saturated carbocycles. The van der Waals surface area contributed by atoms with Crippen LogP contribution in [0.2, 0.25) is 10.0 Å². The van der Waals surface area contributed by atoms with Crippen LogP contribution in [0, 0.1) is 6.92 Å². The van der Waals surface area contributed by atoms with Gasteiger partial charge < -0.3 is 10.2 Å². The number of likely N-dealkylation sites (N-methyl/N-ethyl adjacent to an activating group) is 1. The second kappa shape index (κ2) is 15.1. The Bertz CT molecular complexity index is 1700. The molecule has 0 bridgehead atoms. The van der Waals surface area contributed by atoms with Gasteiger partial charge in [0.15, 0.2) is 0 Å². The molecule has 7 nitrogen and oxygen atoms in total. The fourth-order valence-electron chi connectivity index (χ4n) is 4.65. The van der Waals surface area contributed by atoms with Crippen LogP contribution >= 0.6 is 39.1 Å². The Morgan fingerprint density at radius 3 is 2.14 bits per heavy atom. The second-order valence-corrected chi connectivity index (χ2v) is 13.8. The van der Waals surface area contributed by atoms with Gasteiger partial charge in [0.05, 0.1) is 20.6 Å². The van der Waals surface area contributed by atoms with Gasteiger partial charge >= 0.3 is 0 Å². The smallest absolute Gasteiger partial charge is 0.264 e. The monoisotopic (exact) mass is 715 g/mol. The van der Waals surface area contributed by atoms with Gasteiger partial charge in [0, 0.05) is 24.0 Å². The Hall–Kier alpha value is -3.37. The summed E-state index contributed by atoms with van der Waals surface area (Å²) in [4.78, 5) is 29.4. The summed E-state index contributed by atoms with van der Waals surface area (Å²) < 4.78 is 29.9. The topological polar surface area (TPSA) is 86.8 Å². The number of benzene rings is 4. The summed E-state index contributed by atoms with van der Waals surface area (Å²) in [6.45, 7) is 3.45. The van der Waals surface area contributed by atoms with Crippen molar-refractivity contribution >= 4 is 66.7 Å². The van der Waals surface area contributed by atoms with Gasteiger partial charge in [0.1, 0.15) is 12.6 Å². The third-order valence-electron chi connectivity index (χ3n) is 6.96. The summed E-state index contributed by atoms with van der Waals surface area (Å²) in [6, 6.07) is 26.5. The number of nitrogens with zero attached hydrogens (tertiary/aromatic N) is 2. The summed E-state index contributed by atoms with van der Waals surface area (Å²) in [6.07, 6.45) is 0.211. The van der Waals surface area contributed by atoms with Gasteiger partial charge in [-0.2, -0.15) is 0 Å².